The highest BCUT2D eigenvalue weighted by Crippen LogP contribution is 2.28. The molecule has 4 heteroatoms. The zero-order valence-electron chi connectivity index (χ0n) is 10.7. The second kappa shape index (κ2) is 5.36. The van der Waals surface area contributed by atoms with Crippen LogP contribution in [-0.2, 0) is 4.79 Å². The van der Waals surface area contributed by atoms with E-state index in [0.29, 0.717) is 12.5 Å². The molecule has 4 nitrogen and oxygen atoms in total. The molecule has 3 N–H and O–H groups in total. The molecule has 0 aromatic carbocycles. The van der Waals surface area contributed by atoms with Gasteiger partial charge in [0.2, 0.25) is 5.91 Å². The van der Waals surface area contributed by atoms with Gasteiger partial charge in [-0.3, -0.25) is 4.79 Å². The quantitative estimate of drug-likeness (QED) is 0.683. The van der Waals surface area contributed by atoms with Gasteiger partial charge in [0.05, 0.1) is 11.6 Å². The van der Waals surface area contributed by atoms with Gasteiger partial charge in [0.1, 0.15) is 0 Å². The number of rotatable bonds is 3. The van der Waals surface area contributed by atoms with Crippen LogP contribution >= 0.6 is 0 Å². The van der Waals surface area contributed by atoms with Crippen LogP contribution < -0.4 is 10.6 Å². The summed E-state index contributed by atoms with van der Waals surface area (Å²) >= 11 is 0. The van der Waals surface area contributed by atoms with E-state index in [1.165, 1.54) is 0 Å². The molecule has 98 valence electrons. The number of carbonyl (C=O) groups excluding carboxylic acids is 1. The van der Waals surface area contributed by atoms with Gasteiger partial charge < -0.3 is 15.7 Å². The minimum atomic E-state index is -0.643. The van der Waals surface area contributed by atoms with Crippen molar-refractivity contribution in [1.29, 1.82) is 0 Å². The fourth-order valence-corrected chi connectivity index (χ4v) is 2.89. The minimum absolute atomic E-state index is 0.0527. The molecule has 17 heavy (non-hydrogen) atoms. The van der Waals surface area contributed by atoms with E-state index in [0.717, 1.165) is 45.1 Å². The first-order chi connectivity index (χ1) is 8.09. The van der Waals surface area contributed by atoms with Crippen LogP contribution in [-0.4, -0.2) is 35.7 Å². The van der Waals surface area contributed by atoms with E-state index in [1.807, 2.05) is 0 Å². The van der Waals surface area contributed by atoms with Gasteiger partial charge in [0.15, 0.2) is 0 Å². The molecule has 2 fully saturated rings. The van der Waals surface area contributed by atoms with Crippen LogP contribution in [0.15, 0.2) is 0 Å². The maximum absolute atomic E-state index is 12.0. The van der Waals surface area contributed by atoms with Crippen LogP contribution in [0.1, 0.15) is 45.4 Å². The van der Waals surface area contributed by atoms with Gasteiger partial charge in [-0.15, -0.1) is 0 Å². The van der Waals surface area contributed by atoms with Crippen molar-refractivity contribution in [3.63, 3.8) is 0 Å². The first-order valence-electron chi connectivity index (χ1n) is 6.82. The fraction of sp³-hybridized carbons (Fsp3) is 0.923. The number of hydrogen-bond donors (Lipinski definition) is 3. The summed E-state index contributed by atoms with van der Waals surface area (Å²) in [5.41, 5.74) is -0.643. The number of aliphatic hydroxyl groups is 1. The third-order valence-corrected chi connectivity index (χ3v) is 4.11. The first-order valence-corrected chi connectivity index (χ1v) is 6.82. The summed E-state index contributed by atoms with van der Waals surface area (Å²) in [6, 6.07) is -0.0660. The predicted molar refractivity (Wildman–Crippen MR) is 66.6 cm³/mol. The van der Waals surface area contributed by atoms with Crippen molar-refractivity contribution in [2.45, 2.75) is 57.1 Å². The maximum Gasteiger partial charge on any atom is 0.237 e. The molecular formula is C13H24N2O2. The lowest BCUT2D eigenvalue weighted by atomic mass is 9.93. The molecule has 1 aliphatic carbocycles. The third-order valence-electron chi connectivity index (χ3n) is 4.11. The van der Waals surface area contributed by atoms with Gasteiger partial charge in [-0.1, -0.05) is 19.8 Å². The molecule has 1 aliphatic heterocycles. The van der Waals surface area contributed by atoms with E-state index in [9.17, 15) is 9.90 Å². The smallest absolute Gasteiger partial charge is 0.237 e. The summed E-state index contributed by atoms with van der Waals surface area (Å²) in [4.78, 5) is 12.0. The average molecular weight is 240 g/mol. The van der Waals surface area contributed by atoms with Gasteiger partial charge in [0, 0.05) is 6.54 Å². The summed E-state index contributed by atoms with van der Waals surface area (Å²) < 4.78 is 0. The number of piperidine rings is 1. The second-order valence-electron chi connectivity index (χ2n) is 5.79. The van der Waals surface area contributed by atoms with E-state index in [-0.39, 0.29) is 11.9 Å². The van der Waals surface area contributed by atoms with Gasteiger partial charge in [-0.05, 0) is 38.1 Å². The summed E-state index contributed by atoms with van der Waals surface area (Å²) in [6.07, 6.45) is 5.84. The van der Waals surface area contributed by atoms with Gasteiger partial charge in [-0.2, -0.15) is 0 Å². The van der Waals surface area contributed by atoms with Crippen LogP contribution in [0, 0.1) is 5.92 Å². The Labute approximate surface area is 103 Å². The normalized spacial score (nSPS) is 32.4. The number of carbonyl (C=O) groups is 1. The van der Waals surface area contributed by atoms with Crippen molar-refractivity contribution in [1.82, 2.24) is 10.6 Å². The predicted octanol–water partition coefficient (Wildman–Crippen LogP) is 0.796. The number of hydrogen-bond acceptors (Lipinski definition) is 3. The zero-order chi connectivity index (χ0) is 12.3. The largest absolute Gasteiger partial charge is 0.388 e. The summed E-state index contributed by atoms with van der Waals surface area (Å²) in [7, 11) is 0. The van der Waals surface area contributed by atoms with E-state index in [1.54, 1.807) is 0 Å². The topological polar surface area (TPSA) is 61.4 Å². The molecular weight excluding hydrogens is 216 g/mol. The van der Waals surface area contributed by atoms with Crippen molar-refractivity contribution < 1.29 is 9.90 Å². The van der Waals surface area contributed by atoms with E-state index in [2.05, 4.69) is 17.6 Å². The number of nitrogens with one attached hydrogen (secondary N) is 2. The Kier molecular flexibility index (Phi) is 4.05. The lowest BCUT2D eigenvalue weighted by Gasteiger charge is -2.29. The van der Waals surface area contributed by atoms with E-state index < -0.39 is 5.60 Å². The molecule has 1 amide bonds. The van der Waals surface area contributed by atoms with Crippen molar-refractivity contribution in [2.24, 2.45) is 5.92 Å². The van der Waals surface area contributed by atoms with E-state index >= 15 is 0 Å². The van der Waals surface area contributed by atoms with Gasteiger partial charge >= 0.3 is 0 Å². The van der Waals surface area contributed by atoms with Crippen LogP contribution in [0.3, 0.4) is 0 Å². The Balaban J connectivity index is 1.76. The summed E-state index contributed by atoms with van der Waals surface area (Å²) in [5.74, 6) is 0.665. The molecule has 1 heterocycles. The zero-order valence-corrected chi connectivity index (χ0v) is 10.7. The lowest BCUT2D eigenvalue weighted by molar-refractivity contribution is -0.125. The fourth-order valence-electron chi connectivity index (χ4n) is 2.89. The van der Waals surface area contributed by atoms with Crippen LogP contribution in [0.4, 0.5) is 0 Å². The molecule has 0 radical (unpaired) electrons. The van der Waals surface area contributed by atoms with Crippen LogP contribution in [0.25, 0.3) is 0 Å². The van der Waals surface area contributed by atoms with Crippen molar-refractivity contribution in [3.8, 4) is 0 Å². The van der Waals surface area contributed by atoms with E-state index in [4.69, 9.17) is 0 Å². The molecule has 2 unspecified atom stereocenters. The molecule has 1 saturated heterocycles. The highest BCUT2D eigenvalue weighted by atomic mass is 16.3. The Morgan fingerprint density at radius 2 is 2.18 bits per heavy atom. The lowest BCUT2D eigenvalue weighted by Crippen LogP contribution is -2.51. The third kappa shape index (κ3) is 3.42. The average Bonchev–Trinajstić information content (AvgIpc) is 2.74. The molecule has 0 aromatic heterocycles. The standard InChI is InChI=1S/C13H24N2O2/c1-10-4-7-14-11(8-10)12(16)15-9-13(17)5-2-3-6-13/h10-11,14,17H,2-9H2,1H3,(H,15,16). The maximum atomic E-state index is 12.0. The Morgan fingerprint density at radius 1 is 1.47 bits per heavy atom. The first kappa shape index (κ1) is 12.8. The Bertz CT molecular complexity index is 275. The highest BCUT2D eigenvalue weighted by molar-refractivity contribution is 5.81. The summed E-state index contributed by atoms with van der Waals surface area (Å²) in [6.45, 7) is 3.52. The Morgan fingerprint density at radius 3 is 2.82 bits per heavy atom. The molecule has 0 spiro atoms. The molecule has 2 atom stereocenters. The molecule has 0 aromatic rings. The molecule has 0 bridgehead atoms. The summed E-state index contributed by atoms with van der Waals surface area (Å²) in [5, 5.41) is 16.3. The highest BCUT2D eigenvalue weighted by Gasteiger charge is 2.32. The van der Waals surface area contributed by atoms with Crippen molar-refractivity contribution in [3.05, 3.63) is 0 Å². The van der Waals surface area contributed by atoms with Crippen LogP contribution in [0.2, 0.25) is 0 Å². The minimum Gasteiger partial charge on any atom is -0.388 e. The van der Waals surface area contributed by atoms with Gasteiger partial charge in [0.25, 0.3) is 0 Å². The molecule has 2 rings (SSSR count). The monoisotopic (exact) mass is 240 g/mol. The molecule has 2 aliphatic rings. The SMILES string of the molecule is CC1CCNC(C(=O)NCC2(O)CCCC2)C1. The second-order valence-corrected chi connectivity index (χ2v) is 5.79. The number of amides is 1. The Hall–Kier alpha value is -0.610. The van der Waals surface area contributed by atoms with Gasteiger partial charge in [-0.25, -0.2) is 0 Å². The van der Waals surface area contributed by atoms with Crippen molar-refractivity contribution >= 4 is 5.91 Å². The molecule has 1 saturated carbocycles. The van der Waals surface area contributed by atoms with Crippen LogP contribution in [0.5, 0.6) is 0 Å². The van der Waals surface area contributed by atoms with Crippen molar-refractivity contribution in [2.75, 3.05) is 13.1 Å².